The number of hydrogen-bond donors (Lipinski definition) is 2. The molecule has 3 N–H and O–H groups in total. The van der Waals surface area contributed by atoms with Crippen molar-refractivity contribution >= 4 is 15.7 Å². The van der Waals surface area contributed by atoms with Crippen molar-refractivity contribution in [3.8, 4) is 0 Å². The van der Waals surface area contributed by atoms with Gasteiger partial charge in [-0.2, -0.15) is 0 Å². The van der Waals surface area contributed by atoms with Crippen LogP contribution in [0.25, 0.3) is 0 Å². The number of rotatable bonds is 4. The summed E-state index contributed by atoms with van der Waals surface area (Å²) in [6, 6.07) is 15.0. The van der Waals surface area contributed by atoms with Crippen LogP contribution in [0.1, 0.15) is 11.1 Å². The molecule has 5 heteroatoms. The first-order valence-electron chi connectivity index (χ1n) is 5.88. The van der Waals surface area contributed by atoms with Crippen LogP contribution < -0.4 is 10.5 Å². The molecule has 0 bridgehead atoms. The van der Waals surface area contributed by atoms with E-state index in [1.54, 1.807) is 19.1 Å². The maximum Gasteiger partial charge on any atom is 0.238 e. The van der Waals surface area contributed by atoms with Crippen molar-refractivity contribution in [1.29, 1.82) is 0 Å². The van der Waals surface area contributed by atoms with Gasteiger partial charge in [0.2, 0.25) is 10.0 Å². The van der Waals surface area contributed by atoms with E-state index in [4.69, 9.17) is 5.14 Å². The average molecular weight is 276 g/mol. The molecule has 0 aliphatic carbocycles. The molecular formula is C14H16N2O2S. The summed E-state index contributed by atoms with van der Waals surface area (Å²) < 4.78 is 22.9. The molecule has 0 heterocycles. The first-order chi connectivity index (χ1) is 8.97. The molecule has 0 fully saturated rings. The Hall–Kier alpha value is -1.85. The number of nitrogens with one attached hydrogen (secondary N) is 1. The number of aryl methyl sites for hydroxylation is 1. The van der Waals surface area contributed by atoms with E-state index < -0.39 is 10.0 Å². The van der Waals surface area contributed by atoms with Gasteiger partial charge in [-0.1, -0.05) is 36.4 Å². The molecule has 2 aromatic rings. The molecule has 0 amide bonds. The van der Waals surface area contributed by atoms with Crippen molar-refractivity contribution in [2.75, 3.05) is 5.32 Å². The SMILES string of the molecule is Cc1ccc(NCc2ccccc2)cc1S(N)(=O)=O. The zero-order valence-corrected chi connectivity index (χ0v) is 11.4. The number of hydrogen-bond acceptors (Lipinski definition) is 3. The van der Waals surface area contributed by atoms with Crippen molar-refractivity contribution in [3.63, 3.8) is 0 Å². The predicted octanol–water partition coefficient (Wildman–Crippen LogP) is 2.25. The van der Waals surface area contributed by atoms with Crippen molar-refractivity contribution in [2.45, 2.75) is 18.4 Å². The Labute approximate surface area is 113 Å². The summed E-state index contributed by atoms with van der Waals surface area (Å²) in [5.41, 5.74) is 2.51. The van der Waals surface area contributed by atoms with E-state index in [-0.39, 0.29) is 4.90 Å². The van der Waals surface area contributed by atoms with Gasteiger partial charge in [-0.3, -0.25) is 0 Å². The van der Waals surface area contributed by atoms with Crippen LogP contribution in [0.4, 0.5) is 5.69 Å². The average Bonchev–Trinajstić information content (AvgIpc) is 2.37. The summed E-state index contributed by atoms with van der Waals surface area (Å²) in [6.07, 6.45) is 0. The van der Waals surface area contributed by atoms with E-state index in [1.165, 1.54) is 0 Å². The summed E-state index contributed by atoms with van der Waals surface area (Å²) in [4.78, 5) is 0.158. The van der Waals surface area contributed by atoms with E-state index in [0.29, 0.717) is 12.1 Å². The van der Waals surface area contributed by atoms with Gasteiger partial charge in [0.05, 0.1) is 4.90 Å². The fraction of sp³-hybridized carbons (Fsp3) is 0.143. The van der Waals surface area contributed by atoms with Gasteiger partial charge in [0.15, 0.2) is 0 Å². The lowest BCUT2D eigenvalue weighted by molar-refractivity contribution is 0.597. The molecule has 2 rings (SSSR count). The zero-order valence-electron chi connectivity index (χ0n) is 10.6. The van der Waals surface area contributed by atoms with E-state index in [0.717, 1.165) is 11.3 Å². The van der Waals surface area contributed by atoms with Gasteiger partial charge >= 0.3 is 0 Å². The van der Waals surface area contributed by atoms with Gasteiger partial charge in [-0.05, 0) is 30.2 Å². The largest absolute Gasteiger partial charge is 0.381 e. The van der Waals surface area contributed by atoms with Crippen molar-refractivity contribution < 1.29 is 8.42 Å². The smallest absolute Gasteiger partial charge is 0.238 e. The first-order valence-corrected chi connectivity index (χ1v) is 7.43. The highest BCUT2D eigenvalue weighted by Crippen LogP contribution is 2.19. The minimum absolute atomic E-state index is 0.158. The molecule has 19 heavy (non-hydrogen) atoms. The second-order valence-electron chi connectivity index (χ2n) is 4.36. The molecule has 0 spiro atoms. The lowest BCUT2D eigenvalue weighted by Gasteiger charge is -2.09. The van der Waals surface area contributed by atoms with E-state index in [2.05, 4.69) is 5.32 Å². The van der Waals surface area contributed by atoms with Crippen molar-refractivity contribution in [2.24, 2.45) is 5.14 Å². The molecule has 4 nitrogen and oxygen atoms in total. The summed E-state index contributed by atoms with van der Waals surface area (Å²) in [5, 5.41) is 8.36. The number of sulfonamides is 1. The molecule has 0 saturated heterocycles. The molecule has 0 aliphatic rings. The van der Waals surface area contributed by atoms with Gasteiger partial charge in [-0.15, -0.1) is 0 Å². The van der Waals surface area contributed by atoms with Gasteiger partial charge < -0.3 is 5.32 Å². The summed E-state index contributed by atoms with van der Waals surface area (Å²) in [5.74, 6) is 0. The minimum atomic E-state index is -3.68. The van der Waals surface area contributed by atoms with Crippen LogP contribution in [-0.4, -0.2) is 8.42 Å². The summed E-state index contributed by atoms with van der Waals surface area (Å²) >= 11 is 0. The number of nitrogens with two attached hydrogens (primary N) is 1. The first kappa shape index (κ1) is 13.6. The zero-order chi connectivity index (χ0) is 13.9. The molecule has 2 aromatic carbocycles. The van der Waals surface area contributed by atoms with Crippen LogP contribution in [0.5, 0.6) is 0 Å². The van der Waals surface area contributed by atoms with Gasteiger partial charge in [0.25, 0.3) is 0 Å². The lowest BCUT2D eigenvalue weighted by atomic mass is 10.2. The quantitative estimate of drug-likeness (QED) is 0.899. The maximum atomic E-state index is 11.4. The predicted molar refractivity (Wildman–Crippen MR) is 76.3 cm³/mol. The van der Waals surface area contributed by atoms with Crippen LogP contribution >= 0.6 is 0 Å². The van der Waals surface area contributed by atoms with Crippen molar-refractivity contribution in [1.82, 2.24) is 0 Å². The Morgan fingerprint density at radius 2 is 1.79 bits per heavy atom. The highest BCUT2D eigenvalue weighted by molar-refractivity contribution is 7.89. The minimum Gasteiger partial charge on any atom is -0.381 e. The third-order valence-electron chi connectivity index (χ3n) is 2.83. The summed E-state index contributed by atoms with van der Waals surface area (Å²) in [7, 11) is -3.68. The molecule has 0 unspecified atom stereocenters. The monoisotopic (exact) mass is 276 g/mol. The highest BCUT2D eigenvalue weighted by atomic mass is 32.2. The Bertz CT molecular complexity index is 667. The van der Waals surface area contributed by atoms with Gasteiger partial charge in [-0.25, -0.2) is 13.6 Å². The fourth-order valence-electron chi connectivity index (χ4n) is 1.82. The Kier molecular flexibility index (Phi) is 3.87. The van der Waals surface area contributed by atoms with Crippen LogP contribution in [-0.2, 0) is 16.6 Å². The van der Waals surface area contributed by atoms with Gasteiger partial charge in [0, 0.05) is 12.2 Å². The fourth-order valence-corrected chi connectivity index (χ4v) is 2.62. The second kappa shape index (κ2) is 5.42. The van der Waals surface area contributed by atoms with E-state index in [1.807, 2.05) is 36.4 Å². The van der Waals surface area contributed by atoms with Gasteiger partial charge in [0.1, 0.15) is 0 Å². The Morgan fingerprint density at radius 1 is 1.11 bits per heavy atom. The Morgan fingerprint density at radius 3 is 2.42 bits per heavy atom. The second-order valence-corrected chi connectivity index (χ2v) is 5.89. The topological polar surface area (TPSA) is 72.2 Å². The molecular weight excluding hydrogens is 260 g/mol. The summed E-state index contributed by atoms with van der Waals surface area (Å²) in [6.45, 7) is 2.36. The number of primary sulfonamides is 1. The molecule has 0 aromatic heterocycles. The standard InChI is InChI=1S/C14H16N2O2S/c1-11-7-8-13(9-14(11)19(15,17)18)16-10-12-5-3-2-4-6-12/h2-9,16H,10H2,1H3,(H2,15,17,18). The maximum absolute atomic E-state index is 11.4. The third kappa shape index (κ3) is 3.56. The molecule has 100 valence electrons. The van der Waals surface area contributed by atoms with Crippen LogP contribution in [0.2, 0.25) is 0 Å². The molecule has 0 aliphatic heterocycles. The molecule has 0 radical (unpaired) electrons. The Balaban J connectivity index is 2.18. The third-order valence-corrected chi connectivity index (χ3v) is 3.89. The van der Waals surface area contributed by atoms with Crippen LogP contribution in [0.15, 0.2) is 53.4 Å². The lowest BCUT2D eigenvalue weighted by Crippen LogP contribution is -2.14. The molecule has 0 atom stereocenters. The normalized spacial score (nSPS) is 11.3. The highest BCUT2D eigenvalue weighted by Gasteiger charge is 2.11. The van der Waals surface area contributed by atoms with E-state index in [9.17, 15) is 8.42 Å². The number of benzene rings is 2. The van der Waals surface area contributed by atoms with Crippen molar-refractivity contribution in [3.05, 3.63) is 59.7 Å². The van der Waals surface area contributed by atoms with E-state index >= 15 is 0 Å². The molecule has 0 saturated carbocycles. The van der Waals surface area contributed by atoms with Crippen LogP contribution in [0, 0.1) is 6.92 Å². The van der Waals surface area contributed by atoms with Crippen LogP contribution in [0.3, 0.4) is 0 Å². The number of anilines is 1.